The van der Waals surface area contributed by atoms with Crippen molar-refractivity contribution in [2.45, 2.75) is 31.6 Å². The van der Waals surface area contributed by atoms with Gasteiger partial charge < -0.3 is 14.4 Å². The van der Waals surface area contributed by atoms with Crippen molar-refractivity contribution in [3.63, 3.8) is 0 Å². The zero-order chi connectivity index (χ0) is 19.5. The highest BCUT2D eigenvalue weighted by Gasteiger charge is 2.38. The first-order valence-corrected chi connectivity index (χ1v) is 10.1. The van der Waals surface area contributed by atoms with E-state index in [2.05, 4.69) is 22.3 Å². The van der Waals surface area contributed by atoms with Crippen LogP contribution in [0.2, 0.25) is 0 Å². The highest BCUT2D eigenvalue weighted by atomic mass is 16.2. The fourth-order valence-corrected chi connectivity index (χ4v) is 4.37. The normalized spacial score (nSPS) is 22.7. The second-order valence-corrected chi connectivity index (χ2v) is 7.90. The van der Waals surface area contributed by atoms with Crippen LogP contribution >= 0.6 is 0 Å². The summed E-state index contributed by atoms with van der Waals surface area (Å²) < 4.78 is 1.93. The molecule has 2 fully saturated rings. The topological polar surface area (TPSA) is 71.3 Å². The van der Waals surface area contributed by atoms with Crippen LogP contribution in [0, 0.1) is 5.92 Å². The Morgan fingerprint density at radius 2 is 2.04 bits per heavy atom. The van der Waals surface area contributed by atoms with E-state index in [9.17, 15) is 9.59 Å². The third kappa shape index (κ3) is 3.93. The number of carbonyl (C=O) groups excluding carboxylic acids is 2. The summed E-state index contributed by atoms with van der Waals surface area (Å²) in [5, 5.41) is 8.19. The van der Waals surface area contributed by atoms with Gasteiger partial charge in [-0.2, -0.15) is 0 Å². The van der Waals surface area contributed by atoms with Crippen molar-refractivity contribution in [1.82, 2.24) is 24.6 Å². The van der Waals surface area contributed by atoms with Gasteiger partial charge in [0.05, 0.1) is 5.92 Å². The molecule has 7 nitrogen and oxygen atoms in total. The Bertz CT molecular complexity index is 834. The summed E-state index contributed by atoms with van der Waals surface area (Å²) in [6.07, 6.45) is 4.84. The highest BCUT2D eigenvalue weighted by molar-refractivity contribution is 5.89. The summed E-state index contributed by atoms with van der Waals surface area (Å²) in [5.41, 5.74) is 1.22. The van der Waals surface area contributed by atoms with Gasteiger partial charge in [-0.3, -0.25) is 9.59 Å². The van der Waals surface area contributed by atoms with Gasteiger partial charge in [0.15, 0.2) is 0 Å². The summed E-state index contributed by atoms with van der Waals surface area (Å²) in [6, 6.07) is 10.2. The van der Waals surface area contributed by atoms with E-state index in [4.69, 9.17) is 0 Å². The highest BCUT2D eigenvalue weighted by Crippen LogP contribution is 2.28. The Morgan fingerprint density at radius 1 is 1.21 bits per heavy atom. The SMILES string of the molecule is Cn1cnnc1C1CCCN(C(=O)C2CC(=O)N(CCc3ccccc3)C2)C1. The molecule has 2 amide bonds. The molecular formula is C21H27N5O2. The first kappa shape index (κ1) is 18.7. The van der Waals surface area contributed by atoms with E-state index < -0.39 is 0 Å². The number of hydrogen-bond acceptors (Lipinski definition) is 4. The Labute approximate surface area is 165 Å². The van der Waals surface area contributed by atoms with Gasteiger partial charge in [-0.15, -0.1) is 10.2 Å². The van der Waals surface area contributed by atoms with Crippen LogP contribution in [0.15, 0.2) is 36.7 Å². The maximum absolute atomic E-state index is 13.1. The molecule has 2 aromatic rings. The number of benzene rings is 1. The Morgan fingerprint density at radius 3 is 2.79 bits per heavy atom. The molecule has 2 unspecified atom stereocenters. The molecule has 0 N–H and O–H groups in total. The molecule has 0 saturated carbocycles. The van der Waals surface area contributed by atoms with Gasteiger partial charge >= 0.3 is 0 Å². The van der Waals surface area contributed by atoms with Gasteiger partial charge in [-0.05, 0) is 24.8 Å². The lowest BCUT2D eigenvalue weighted by molar-refractivity contribution is -0.137. The van der Waals surface area contributed by atoms with E-state index >= 15 is 0 Å². The van der Waals surface area contributed by atoms with E-state index in [1.165, 1.54) is 5.56 Å². The molecule has 1 aromatic carbocycles. The van der Waals surface area contributed by atoms with Crippen LogP contribution in [0.4, 0.5) is 0 Å². The van der Waals surface area contributed by atoms with E-state index in [-0.39, 0.29) is 23.7 Å². The fraction of sp³-hybridized carbons (Fsp3) is 0.524. The van der Waals surface area contributed by atoms with Crippen LogP contribution in [-0.4, -0.2) is 62.6 Å². The lowest BCUT2D eigenvalue weighted by Crippen LogP contribution is -2.43. The zero-order valence-electron chi connectivity index (χ0n) is 16.3. The number of likely N-dealkylation sites (tertiary alicyclic amines) is 2. The molecule has 3 heterocycles. The van der Waals surface area contributed by atoms with Gasteiger partial charge in [0.25, 0.3) is 0 Å². The predicted molar refractivity (Wildman–Crippen MR) is 104 cm³/mol. The first-order valence-electron chi connectivity index (χ1n) is 10.1. The number of piperidine rings is 1. The van der Waals surface area contributed by atoms with E-state index in [1.54, 1.807) is 6.33 Å². The molecule has 2 aliphatic heterocycles. The maximum atomic E-state index is 13.1. The minimum atomic E-state index is -0.221. The molecule has 0 spiro atoms. The van der Waals surface area contributed by atoms with Crippen molar-refractivity contribution in [2.75, 3.05) is 26.2 Å². The number of aryl methyl sites for hydroxylation is 1. The Balaban J connectivity index is 1.34. The number of carbonyl (C=O) groups is 2. The summed E-state index contributed by atoms with van der Waals surface area (Å²) in [7, 11) is 1.94. The number of aromatic nitrogens is 3. The molecule has 2 atom stereocenters. The fourth-order valence-electron chi connectivity index (χ4n) is 4.37. The van der Waals surface area contributed by atoms with Crippen LogP contribution in [0.5, 0.6) is 0 Å². The monoisotopic (exact) mass is 381 g/mol. The van der Waals surface area contributed by atoms with Crippen LogP contribution in [-0.2, 0) is 23.1 Å². The van der Waals surface area contributed by atoms with Crippen LogP contribution in [0.1, 0.15) is 36.6 Å². The van der Waals surface area contributed by atoms with Crippen LogP contribution in [0.3, 0.4) is 0 Å². The van der Waals surface area contributed by atoms with Crippen LogP contribution < -0.4 is 0 Å². The molecule has 0 bridgehead atoms. The lowest BCUT2D eigenvalue weighted by atomic mass is 9.95. The minimum absolute atomic E-state index is 0.0936. The molecule has 148 valence electrons. The Kier molecular flexibility index (Phi) is 5.41. The molecule has 28 heavy (non-hydrogen) atoms. The second kappa shape index (κ2) is 8.12. The summed E-state index contributed by atoms with van der Waals surface area (Å²) in [5.74, 6) is 1.14. The van der Waals surface area contributed by atoms with Crippen LogP contribution in [0.25, 0.3) is 0 Å². The molecule has 7 heteroatoms. The largest absolute Gasteiger partial charge is 0.342 e. The first-order chi connectivity index (χ1) is 13.6. The smallest absolute Gasteiger partial charge is 0.228 e. The third-order valence-electron chi connectivity index (χ3n) is 5.92. The Hall–Kier alpha value is -2.70. The lowest BCUT2D eigenvalue weighted by Gasteiger charge is -2.33. The van der Waals surface area contributed by atoms with E-state index in [0.29, 0.717) is 26.1 Å². The second-order valence-electron chi connectivity index (χ2n) is 7.90. The van der Waals surface area contributed by atoms with Gasteiger partial charge in [0, 0.05) is 45.6 Å². The zero-order valence-corrected chi connectivity index (χ0v) is 16.3. The summed E-state index contributed by atoms with van der Waals surface area (Å²) in [6.45, 7) is 2.64. The predicted octanol–water partition coefficient (Wildman–Crippen LogP) is 1.61. The van der Waals surface area contributed by atoms with E-state index in [1.807, 2.05) is 39.6 Å². The summed E-state index contributed by atoms with van der Waals surface area (Å²) in [4.78, 5) is 29.3. The molecule has 0 radical (unpaired) electrons. The molecule has 1 aromatic heterocycles. The van der Waals surface area contributed by atoms with Crippen molar-refractivity contribution >= 4 is 11.8 Å². The molecular weight excluding hydrogens is 354 g/mol. The molecule has 0 aliphatic carbocycles. The van der Waals surface area contributed by atoms with Gasteiger partial charge in [0.1, 0.15) is 12.2 Å². The molecule has 2 saturated heterocycles. The number of nitrogens with zero attached hydrogens (tertiary/aromatic N) is 5. The van der Waals surface area contributed by atoms with Crippen molar-refractivity contribution in [2.24, 2.45) is 13.0 Å². The van der Waals surface area contributed by atoms with Crippen molar-refractivity contribution in [1.29, 1.82) is 0 Å². The number of rotatable bonds is 5. The minimum Gasteiger partial charge on any atom is -0.342 e. The number of amides is 2. The van der Waals surface area contributed by atoms with Gasteiger partial charge in [-0.1, -0.05) is 30.3 Å². The molecule has 2 aliphatic rings. The number of hydrogen-bond donors (Lipinski definition) is 0. The van der Waals surface area contributed by atoms with Gasteiger partial charge in [-0.25, -0.2) is 0 Å². The third-order valence-corrected chi connectivity index (χ3v) is 5.92. The standard InChI is InChI=1S/C21H27N5O2/c1-24-15-22-23-20(24)17-8-5-10-26(13-17)21(28)18-12-19(27)25(14-18)11-9-16-6-3-2-4-7-16/h2-4,6-7,15,17-18H,5,8-14H2,1H3. The van der Waals surface area contributed by atoms with Crippen molar-refractivity contribution in [3.8, 4) is 0 Å². The average molecular weight is 381 g/mol. The van der Waals surface area contributed by atoms with Gasteiger partial charge in [0.2, 0.25) is 11.8 Å². The average Bonchev–Trinajstić information content (AvgIpc) is 3.32. The quantitative estimate of drug-likeness (QED) is 0.789. The van der Waals surface area contributed by atoms with Crippen molar-refractivity contribution in [3.05, 3.63) is 48.0 Å². The van der Waals surface area contributed by atoms with Crippen molar-refractivity contribution < 1.29 is 9.59 Å². The summed E-state index contributed by atoms with van der Waals surface area (Å²) >= 11 is 0. The molecule has 4 rings (SSSR count). The van der Waals surface area contributed by atoms with E-state index in [0.717, 1.165) is 31.6 Å². The maximum Gasteiger partial charge on any atom is 0.228 e.